The van der Waals surface area contributed by atoms with Gasteiger partial charge in [0, 0.05) is 44.0 Å². The largest absolute Gasteiger partial charge is 0.312 e. The van der Waals surface area contributed by atoms with Gasteiger partial charge in [-0.3, -0.25) is 4.98 Å². The topological polar surface area (TPSA) is 37.0 Å². The Labute approximate surface area is 191 Å². The van der Waals surface area contributed by atoms with Gasteiger partial charge in [-0.15, -0.1) is 0 Å². The maximum absolute atomic E-state index is 4.21. The van der Waals surface area contributed by atoms with Crippen LogP contribution < -0.4 is 10.6 Å². The lowest BCUT2D eigenvalue weighted by Crippen LogP contribution is -2.27. The summed E-state index contributed by atoms with van der Waals surface area (Å²) in [5, 5.41) is 9.57. The average Bonchev–Trinajstić information content (AvgIpc) is 2.82. The van der Waals surface area contributed by atoms with Crippen LogP contribution in [0.2, 0.25) is 0 Å². The third-order valence-electron chi connectivity index (χ3n) is 5.74. The molecule has 0 bridgehead atoms. The summed E-state index contributed by atoms with van der Waals surface area (Å²) >= 11 is 0. The van der Waals surface area contributed by atoms with Gasteiger partial charge in [-0.2, -0.15) is 0 Å². The smallest absolute Gasteiger partial charge is 0.0346 e. The maximum Gasteiger partial charge on any atom is 0.0346 e. The Bertz CT molecular complexity index is 1120. The zero-order chi connectivity index (χ0) is 22.2. The van der Waals surface area contributed by atoms with Crippen LogP contribution in [0.5, 0.6) is 0 Å². The van der Waals surface area contributed by atoms with Crippen LogP contribution in [-0.4, -0.2) is 24.6 Å². The van der Waals surface area contributed by atoms with E-state index in [1.54, 1.807) is 0 Å². The minimum absolute atomic E-state index is 0.832. The molecule has 4 aromatic rings. The fourth-order valence-electron chi connectivity index (χ4n) is 3.89. The fraction of sp³-hybridized carbons (Fsp3) is 0.207. The second-order valence-corrected chi connectivity index (χ2v) is 8.24. The van der Waals surface area contributed by atoms with Crippen molar-refractivity contribution in [1.82, 2.24) is 15.6 Å². The Hall–Kier alpha value is -3.27. The Morgan fingerprint density at radius 1 is 0.781 bits per heavy atom. The van der Waals surface area contributed by atoms with Crippen molar-refractivity contribution in [1.29, 1.82) is 0 Å². The highest BCUT2D eigenvalue weighted by Crippen LogP contribution is 2.24. The Kier molecular flexibility index (Phi) is 7.44. The van der Waals surface area contributed by atoms with Crippen molar-refractivity contribution in [2.75, 3.05) is 19.6 Å². The number of nitrogens with one attached hydrogen (secondary N) is 2. The number of aromatic nitrogens is 1. The van der Waals surface area contributed by atoms with Gasteiger partial charge in [-0.05, 0) is 47.6 Å². The third kappa shape index (κ3) is 5.70. The van der Waals surface area contributed by atoms with Gasteiger partial charge in [-0.1, -0.05) is 83.9 Å². The summed E-state index contributed by atoms with van der Waals surface area (Å²) in [4.78, 5) is 4.21. The molecule has 1 heterocycles. The standard InChI is InChI=1S/C29H31N3/c1-22-6-10-24(11-7-22)28(25-12-8-23(2)9-13-25)14-16-30-18-19-32-21-27-5-3-4-26-20-31-17-15-29(26)27/h3-15,17,20,30,32H,16,18-19,21H2,1-2H3. The van der Waals surface area contributed by atoms with Gasteiger partial charge in [0.15, 0.2) is 0 Å². The molecule has 0 aliphatic heterocycles. The van der Waals surface area contributed by atoms with Crippen molar-refractivity contribution in [2.24, 2.45) is 0 Å². The molecule has 162 valence electrons. The summed E-state index contributed by atoms with van der Waals surface area (Å²) in [6.45, 7) is 7.78. The van der Waals surface area contributed by atoms with Gasteiger partial charge in [0.1, 0.15) is 0 Å². The molecule has 3 nitrogen and oxygen atoms in total. The molecular formula is C29H31N3. The molecule has 0 spiro atoms. The van der Waals surface area contributed by atoms with Crippen LogP contribution >= 0.6 is 0 Å². The van der Waals surface area contributed by atoms with E-state index in [0.717, 1.165) is 26.2 Å². The molecule has 0 aliphatic carbocycles. The van der Waals surface area contributed by atoms with Gasteiger partial charge in [0.2, 0.25) is 0 Å². The van der Waals surface area contributed by atoms with E-state index in [2.05, 4.69) is 108 Å². The van der Waals surface area contributed by atoms with Crippen LogP contribution in [0.15, 0.2) is 91.3 Å². The zero-order valence-corrected chi connectivity index (χ0v) is 18.9. The van der Waals surface area contributed by atoms with E-state index in [1.807, 2.05) is 12.4 Å². The first-order chi connectivity index (χ1) is 15.7. The molecule has 0 saturated heterocycles. The molecular weight excluding hydrogens is 390 g/mol. The lowest BCUT2D eigenvalue weighted by atomic mass is 9.96. The number of aryl methyl sites for hydroxylation is 2. The first kappa shape index (κ1) is 21.9. The van der Waals surface area contributed by atoms with E-state index in [9.17, 15) is 0 Å². The number of benzene rings is 3. The molecule has 0 fully saturated rings. The van der Waals surface area contributed by atoms with Crippen molar-refractivity contribution in [3.8, 4) is 0 Å². The Balaban J connectivity index is 1.32. The summed E-state index contributed by atoms with van der Waals surface area (Å²) in [6, 6.07) is 26.0. The Morgan fingerprint density at radius 2 is 1.44 bits per heavy atom. The molecule has 0 radical (unpaired) electrons. The number of pyridine rings is 1. The summed E-state index contributed by atoms with van der Waals surface area (Å²) in [5.74, 6) is 0. The quantitative estimate of drug-likeness (QED) is 0.342. The summed E-state index contributed by atoms with van der Waals surface area (Å²) in [7, 11) is 0. The van der Waals surface area contributed by atoms with Gasteiger partial charge in [0.05, 0.1) is 0 Å². The highest BCUT2D eigenvalue weighted by atomic mass is 14.9. The number of nitrogens with zero attached hydrogens (tertiary/aromatic N) is 1. The minimum atomic E-state index is 0.832. The first-order valence-electron chi connectivity index (χ1n) is 11.3. The third-order valence-corrected chi connectivity index (χ3v) is 5.74. The molecule has 3 heteroatoms. The van der Waals surface area contributed by atoms with Crippen molar-refractivity contribution < 1.29 is 0 Å². The van der Waals surface area contributed by atoms with Crippen molar-refractivity contribution >= 4 is 16.3 Å². The van der Waals surface area contributed by atoms with E-state index >= 15 is 0 Å². The first-order valence-corrected chi connectivity index (χ1v) is 11.3. The van der Waals surface area contributed by atoms with Crippen LogP contribution in [0.3, 0.4) is 0 Å². The monoisotopic (exact) mass is 421 g/mol. The van der Waals surface area contributed by atoms with Gasteiger partial charge in [0.25, 0.3) is 0 Å². The molecule has 2 N–H and O–H groups in total. The van der Waals surface area contributed by atoms with Crippen LogP contribution in [0.1, 0.15) is 27.8 Å². The maximum atomic E-state index is 4.21. The lowest BCUT2D eigenvalue weighted by Gasteiger charge is -2.11. The fourth-order valence-corrected chi connectivity index (χ4v) is 3.89. The highest BCUT2D eigenvalue weighted by molar-refractivity contribution is 5.84. The second-order valence-electron chi connectivity index (χ2n) is 8.24. The van der Waals surface area contributed by atoms with Crippen LogP contribution in [0.4, 0.5) is 0 Å². The van der Waals surface area contributed by atoms with Crippen molar-refractivity contribution in [3.63, 3.8) is 0 Å². The minimum Gasteiger partial charge on any atom is -0.312 e. The Morgan fingerprint density at radius 3 is 2.12 bits per heavy atom. The molecule has 3 aromatic carbocycles. The SMILES string of the molecule is Cc1ccc(C(=CCNCCNCc2cccc3cnccc23)c2ccc(C)cc2)cc1. The van der Waals surface area contributed by atoms with E-state index in [4.69, 9.17) is 0 Å². The lowest BCUT2D eigenvalue weighted by molar-refractivity contribution is 0.637. The average molecular weight is 422 g/mol. The summed E-state index contributed by atoms with van der Waals surface area (Å²) < 4.78 is 0. The van der Waals surface area contributed by atoms with Crippen molar-refractivity contribution in [2.45, 2.75) is 20.4 Å². The van der Waals surface area contributed by atoms with E-state index in [0.29, 0.717) is 0 Å². The highest BCUT2D eigenvalue weighted by Gasteiger charge is 2.05. The molecule has 0 atom stereocenters. The van der Waals surface area contributed by atoms with Gasteiger partial charge < -0.3 is 10.6 Å². The van der Waals surface area contributed by atoms with Crippen LogP contribution in [-0.2, 0) is 6.54 Å². The molecule has 0 unspecified atom stereocenters. The molecule has 0 amide bonds. The number of hydrogen-bond acceptors (Lipinski definition) is 3. The predicted molar refractivity (Wildman–Crippen MR) is 136 cm³/mol. The van der Waals surface area contributed by atoms with Crippen LogP contribution in [0.25, 0.3) is 16.3 Å². The van der Waals surface area contributed by atoms with E-state index < -0.39 is 0 Å². The molecule has 0 aliphatic rings. The van der Waals surface area contributed by atoms with E-state index in [1.165, 1.54) is 44.2 Å². The van der Waals surface area contributed by atoms with Crippen LogP contribution in [0, 0.1) is 13.8 Å². The van der Waals surface area contributed by atoms with E-state index in [-0.39, 0.29) is 0 Å². The molecule has 1 aromatic heterocycles. The molecule has 32 heavy (non-hydrogen) atoms. The molecule has 4 rings (SSSR count). The van der Waals surface area contributed by atoms with Gasteiger partial charge >= 0.3 is 0 Å². The van der Waals surface area contributed by atoms with Gasteiger partial charge in [-0.25, -0.2) is 0 Å². The predicted octanol–water partition coefficient (Wildman–Crippen LogP) is 5.66. The number of fused-ring (bicyclic) bond motifs is 1. The normalized spacial score (nSPS) is 10.9. The molecule has 0 saturated carbocycles. The summed E-state index contributed by atoms with van der Waals surface area (Å²) in [6.07, 6.45) is 6.08. The number of hydrogen-bond donors (Lipinski definition) is 2. The number of rotatable bonds is 9. The second kappa shape index (κ2) is 10.9. The summed E-state index contributed by atoms with van der Waals surface area (Å²) in [5.41, 5.74) is 7.66. The zero-order valence-electron chi connectivity index (χ0n) is 18.9. The van der Waals surface area contributed by atoms with Crippen molar-refractivity contribution in [3.05, 3.63) is 119 Å².